The van der Waals surface area contributed by atoms with Crippen molar-refractivity contribution in [2.45, 2.75) is 19.4 Å². The molecule has 1 unspecified atom stereocenters. The fourth-order valence-corrected chi connectivity index (χ4v) is 2.68. The van der Waals surface area contributed by atoms with Gasteiger partial charge >= 0.3 is 0 Å². The maximum absolute atomic E-state index is 12.4. The number of carbonyl (C=O) groups excluding carboxylic acids is 1. The Morgan fingerprint density at radius 3 is 2.89 bits per heavy atom. The third-order valence-corrected chi connectivity index (χ3v) is 3.74. The third-order valence-electron chi connectivity index (χ3n) is 3.02. The predicted molar refractivity (Wildman–Crippen MR) is 78.3 cm³/mol. The molecule has 100 valence electrons. The number of amides is 1. The number of rotatable bonds is 6. The standard InChI is InChI=1S/C13H21N3OS/c1-5-10(9-18-4)16(3)13(17)11-6-7-15-8-12(11)14-2/h6-8,10,14H,5,9H2,1-4H3. The zero-order valence-corrected chi connectivity index (χ0v) is 12.3. The second-order valence-corrected chi connectivity index (χ2v) is 5.02. The molecule has 5 heteroatoms. The second-order valence-electron chi connectivity index (χ2n) is 4.10. The number of carbonyl (C=O) groups is 1. The van der Waals surface area contributed by atoms with Gasteiger partial charge in [0.05, 0.1) is 17.4 Å². The number of pyridine rings is 1. The second kappa shape index (κ2) is 7.26. The Labute approximate surface area is 113 Å². The summed E-state index contributed by atoms with van der Waals surface area (Å²) in [5.41, 5.74) is 1.45. The molecule has 0 aromatic carbocycles. The SMILES string of the molecule is CCC(CSC)N(C)C(=O)c1ccncc1NC. The van der Waals surface area contributed by atoms with Crippen LogP contribution in [0.4, 0.5) is 5.69 Å². The van der Waals surface area contributed by atoms with Crippen LogP contribution in [0.1, 0.15) is 23.7 Å². The zero-order valence-electron chi connectivity index (χ0n) is 11.4. The number of nitrogens with one attached hydrogen (secondary N) is 1. The van der Waals surface area contributed by atoms with E-state index in [-0.39, 0.29) is 11.9 Å². The van der Waals surface area contributed by atoms with Crippen LogP contribution in [-0.2, 0) is 0 Å². The van der Waals surface area contributed by atoms with Gasteiger partial charge in [-0.15, -0.1) is 0 Å². The predicted octanol–water partition coefficient (Wildman–Crippen LogP) is 2.34. The first kappa shape index (κ1) is 14.8. The molecule has 0 fully saturated rings. The third kappa shape index (κ3) is 3.38. The molecule has 0 saturated carbocycles. The molecule has 1 aromatic rings. The van der Waals surface area contributed by atoms with E-state index >= 15 is 0 Å². The van der Waals surface area contributed by atoms with Crippen LogP contribution < -0.4 is 5.32 Å². The van der Waals surface area contributed by atoms with Gasteiger partial charge in [-0.05, 0) is 18.7 Å². The summed E-state index contributed by atoms with van der Waals surface area (Å²) in [4.78, 5) is 18.3. The average Bonchev–Trinajstić information content (AvgIpc) is 2.43. The topological polar surface area (TPSA) is 45.2 Å². The molecule has 18 heavy (non-hydrogen) atoms. The maximum Gasteiger partial charge on any atom is 0.256 e. The summed E-state index contributed by atoms with van der Waals surface area (Å²) >= 11 is 1.76. The quantitative estimate of drug-likeness (QED) is 0.859. The van der Waals surface area contributed by atoms with Gasteiger partial charge in [0, 0.05) is 32.1 Å². The summed E-state index contributed by atoms with van der Waals surface area (Å²) in [5.74, 6) is 1.00. The smallest absolute Gasteiger partial charge is 0.256 e. The fraction of sp³-hybridized carbons (Fsp3) is 0.538. The average molecular weight is 267 g/mol. The Balaban J connectivity index is 2.91. The van der Waals surface area contributed by atoms with E-state index in [1.165, 1.54) is 0 Å². The number of nitrogens with zero attached hydrogens (tertiary/aromatic N) is 2. The van der Waals surface area contributed by atoms with Crippen LogP contribution in [-0.4, -0.2) is 47.9 Å². The molecule has 1 N–H and O–H groups in total. The van der Waals surface area contributed by atoms with Gasteiger partial charge in [-0.1, -0.05) is 6.92 Å². The minimum Gasteiger partial charge on any atom is -0.386 e. The summed E-state index contributed by atoms with van der Waals surface area (Å²) in [6, 6.07) is 2.03. The number of thioether (sulfide) groups is 1. The number of anilines is 1. The molecule has 1 atom stereocenters. The molecule has 0 bridgehead atoms. The minimum atomic E-state index is 0.0441. The Bertz CT molecular complexity index is 398. The first-order chi connectivity index (χ1) is 8.65. The van der Waals surface area contributed by atoms with E-state index < -0.39 is 0 Å². The van der Waals surface area contributed by atoms with E-state index in [9.17, 15) is 4.79 Å². The maximum atomic E-state index is 12.4. The molecule has 0 saturated heterocycles. The molecular formula is C13H21N3OS. The van der Waals surface area contributed by atoms with Gasteiger partial charge in [-0.25, -0.2) is 0 Å². The van der Waals surface area contributed by atoms with Crippen molar-refractivity contribution in [2.24, 2.45) is 0 Å². The van der Waals surface area contributed by atoms with Crippen LogP contribution in [0.2, 0.25) is 0 Å². The number of hydrogen-bond acceptors (Lipinski definition) is 4. The van der Waals surface area contributed by atoms with Crippen LogP contribution >= 0.6 is 11.8 Å². The summed E-state index contributed by atoms with van der Waals surface area (Å²) in [7, 11) is 3.67. The molecule has 0 spiro atoms. The lowest BCUT2D eigenvalue weighted by atomic mass is 10.1. The Morgan fingerprint density at radius 1 is 1.61 bits per heavy atom. The molecule has 1 rings (SSSR count). The van der Waals surface area contributed by atoms with E-state index in [4.69, 9.17) is 0 Å². The lowest BCUT2D eigenvalue weighted by molar-refractivity contribution is 0.0744. The van der Waals surface area contributed by atoms with Gasteiger partial charge in [0.25, 0.3) is 5.91 Å². The van der Waals surface area contributed by atoms with Gasteiger partial charge in [0.15, 0.2) is 0 Å². The minimum absolute atomic E-state index is 0.0441. The molecule has 1 aromatic heterocycles. The summed E-state index contributed by atoms with van der Waals surface area (Å²) < 4.78 is 0. The van der Waals surface area contributed by atoms with E-state index in [0.29, 0.717) is 5.56 Å². The van der Waals surface area contributed by atoms with Crippen LogP contribution in [0.15, 0.2) is 18.5 Å². The molecule has 0 aliphatic rings. The highest BCUT2D eigenvalue weighted by Crippen LogP contribution is 2.17. The van der Waals surface area contributed by atoms with Gasteiger partial charge in [0.1, 0.15) is 0 Å². The Hall–Kier alpha value is -1.23. The molecule has 0 aliphatic heterocycles. The highest BCUT2D eigenvalue weighted by molar-refractivity contribution is 7.98. The van der Waals surface area contributed by atoms with Crippen LogP contribution in [0.3, 0.4) is 0 Å². The summed E-state index contributed by atoms with van der Waals surface area (Å²) in [6.45, 7) is 2.11. The lowest BCUT2D eigenvalue weighted by Gasteiger charge is -2.27. The number of aromatic nitrogens is 1. The first-order valence-electron chi connectivity index (χ1n) is 6.03. The van der Waals surface area contributed by atoms with Crippen molar-refractivity contribution >= 4 is 23.4 Å². The van der Waals surface area contributed by atoms with Crippen molar-refractivity contribution in [3.8, 4) is 0 Å². The summed E-state index contributed by atoms with van der Waals surface area (Å²) in [5, 5.41) is 3.01. The normalized spacial score (nSPS) is 12.0. The zero-order chi connectivity index (χ0) is 13.5. The van der Waals surface area contributed by atoms with Crippen molar-refractivity contribution < 1.29 is 4.79 Å². The van der Waals surface area contributed by atoms with E-state index in [0.717, 1.165) is 17.9 Å². The Morgan fingerprint density at radius 2 is 2.33 bits per heavy atom. The number of hydrogen-bond donors (Lipinski definition) is 1. The largest absolute Gasteiger partial charge is 0.386 e. The molecule has 4 nitrogen and oxygen atoms in total. The van der Waals surface area contributed by atoms with Gasteiger partial charge in [-0.3, -0.25) is 9.78 Å². The van der Waals surface area contributed by atoms with Crippen molar-refractivity contribution in [3.63, 3.8) is 0 Å². The van der Waals surface area contributed by atoms with Crippen molar-refractivity contribution in [1.29, 1.82) is 0 Å². The monoisotopic (exact) mass is 267 g/mol. The lowest BCUT2D eigenvalue weighted by Crippen LogP contribution is -2.38. The van der Waals surface area contributed by atoms with Gasteiger partial charge in [-0.2, -0.15) is 11.8 Å². The van der Waals surface area contributed by atoms with Crippen molar-refractivity contribution in [1.82, 2.24) is 9.88 Å². The van der Waals surface area contributed by atoms with E-state index in [1.54, 1.807) is 37.3 Å². The molecule has 0 radical (unpaired) electrons. The highest BCUT2D eigenvalue weighted by Gasteiger charge is 2.21. The molecule has 1 amide bonds. The van der Waals surface area contributed by atoms with Crippen LogP contribution in [0.25, 0.3) is 0 Å². The van der Waals surface area contributed by atoms with Gasteiger partial charge in [0.2, 0.25) is 0 Å². The van der Waals surface area contributed by atoms with Crippen molar-refractivity contribution in [3.05, 3.63) is 24.0 Å². The van der Waals surface area contributed by atoms with E-state index in [1.807, 2.05) is 11.9 Å². The molecular weight excluding hydrogens is 246 g/mol. The molecule has 0 aliphatic carbocycles. The summed E-state index contributed by atoms with van der Waals surface area (Å²) in [6.07, 6.45) is 6.35. The van der Waals surface area contributed by atoms with Gasteiger partial charge < -0.3 is 10.2 Å². The van der Waals surface area contributed by atoms with Crippen LogP contribution in [0, 0.1) is 0 Å². The highest BCUT2D eigenvalue weighted by atomic mass is 32.2. The fourth-order valence-electron chi connectivity index (χ4n) is 1.83. The van der Waals surface area contributed by atoms with Crippen molar-refractivity contribution in [2.75, 3.05) is 31.4 Å². The van der Waals surface area contributed by atoms with E-state index in [2.05, 4.69) is 23.5 Å². The first-order valence-corrected chi connectivity index (χ1v) is 7.42. The Kier molecular flexibility index (Phi) is 5.98. The van der Waals surface area contributed by atoms with Crippen LogP contribution in [0.5, 0.6) is 0 Å². The molecule has 1 heterocycles.